The van der Waals surface area contributed by atoms with Crippen molar-refractivity contribution in [1.29, 1.82) is 0 Å². The fourth-order valence-electron chi connectivity index (χ4n) is 2.05. The standard InChI is InChI=1S/C13H20N2O2S/c1-4-7-15(9-5-6-9)13-14-10(8(2)3)11(18-13)12(16)17/h8-9H,4-7H2,1-3H3,(H,16,17). The van der Waals surface area contributed by atoms with Gasteiger partial charge in [-0.15, -0.1) is 0 Å². The lowest BCUT2D eigenvalue weighted by molar-refractivity contribution is 0.0700. The van der Waals surface area contributed by atoms with Gasteiger partial charge < -0.3 is 10.0 Å². The molecule has 1 heterocycles. The second kappa shape index (κ2) is 5.26. The lowest BCUT2D eigenvalue weighted by Crippen LogP contribution is -2.26. The zero-order valence-electron chi connectivity index (χ0n) is 11.1. The average Bonchev–Trinajstić information content (AvgIpc) is 3.03. The minimum atomic E-state index is -0.852. The molecular weight excluding hydrogens is 248 g/mol. The Kier molecular flexibility index (Phi) is 3.90. The van der Waals surface area contributed by atoms with Crippen molar-refractivity contribution >= 4 is 22.4 Å². The summed E-state index contributed by atoms with van der Waals surface area (Å²) in [5.74, 6) is -0.696. The van der Waals surface area contributed by atoms with Crippen molar-refractivity contribution in [3.05, 3.63) is 10.6 Å². The fourth-order valence-corrected chi connectivity index (χ4v) is 3.21. The molecule has 2 rings (SSSR count). The summed E-state index contributed by atoms with van der Waals surface area (Å²) in [4.78, 5) is 18.5. The van der Waals surface area contributed by atoms with Gasteiger partial charge in [0.15, 0.2) is 5.13 Å². The van der Waals surface area contributed by atoms with E-state index in [4.69, 9.17) is 0 Å². The number of carboxylic acids is 1. The van der Waals surface area contributed by atoms with Crippen LogP contribution in [0, 0.1) is 0 Å². The van der Waals surface area contributed by atoms with Crippen LogP contribution in [0.15, 0.2) is 0 Å². The Morgan fingerprint density at radius 1 is 1.56 bits per heavy atom. The predicted molar refractivity (Wildman–Crippen MR) is 73.8 cm³/mol. The average molecular weight is 268 g/mol. The first kappa shape index (κ1) is 13.3. The molecule has 1 fully saturated rings. The quantitative estimate of drug-likeness (QED) is 0.859. The number of aromatic carboxylic acids is 1. The lowest BCUT2D eigenvalue weighted by atomic mass is 10.1. The summed E-state index contributed by atoms with van der Waals surface area (Å²) in [6, 6.07) is 0.581. The molecule has 1 aliphatic carbocycles. The van der Waals surface area contributed by atoms with Crippen molar-refractivity contribution in [2.45, 2.75) is 52.0 Å². The number of rotatable bonds is 6. The highest BCUT2D eigenvalue weighted by atomic mass is 32.1. The third kappa shape index (κ3) is 2.66. The van der Waals surface area contributed by atoms with Crippen LogP contribution in [-0.4, -0.2) is 28.6 Å². The van der Waals surface area contributed by atoms with Gasteiger partial charge in [-0.25, -0.2) is 9.78 Å². The van der Waals surface area contributed by atoms with Crippen LogP contribution < -0.4 is 4.90 Å². The molecule has 0 bridgehead atoms. The van der Waals surface area contributed by atoms with Crippen LogP contribution in [0.3, 0.4) is 0 Å². The van der Waals surface area contributed by atoms with Crippen LogP contribution >= 0.6 is 11.3 Å². The molecule has 0 aromatic carbocycles. The van der Waals surface area contributed by atoms with Crippen molar-refractivity contribution in [3.8, 4) is 0 Å². The van der Waals surface area contributed by atoms with Gasteiger partial charge in [-0.05, 0) is 25.2 Å². The fraction of sp³-hybridized carbons (Fsp3) is 0.692. The van der Waals surface area contributed by atoms with Crippen molar-refractivity contribution < 1.29 is 9.90 Å². The van der Waals surface area contributed by atoms with E-state index in [-0.39, 0.29) is 5.92 Å². The Morgan fingerprint density at radius 2 is 2.22 bits per heavy atom. The van der Waals surface area contributed by atoms with E-state index >= 15 is 0 Å². The Balaban J connectivity index is 2.32. The maximum Gasteiger partial charge on any atom is 0.347 e. The van der Waals surface area contributed by atoms with Gasteiger partial charge in [-0.1, -0.05) is 32.1 Å². The van der Waals surface area contributed by atoms with Crippen LogP contribution in [0.5, 0.6) is 0 Å². The van der Waals surface area contributed by atoms with Crippen LogP contribution in [-0.2, 0) is 0 Å². The van der Waals surface area contributed by atoms with Gasteiger partial charge in [0.1, 0.15) is 4.88 Å². The number of carbonyl (C=O) groups is 1. The Hall–Kier alpha value is -1.10. The molecule has 1 saturated carbocycles. The van der Waals surface area contributed by atoms with E-state index < -0.39 is 5.97 Å². The van der Waals surface area contributed by atoms with Gasteiger partial charge in [-0.2, -0.15) is 0 Å². The summed E-state index contributed by atoms with van der Waals surface area (Å²) >= 11 is 1.33. The van der Waals surface area contributed by atoms with Gasteiger partial charge >= 0.3 is 5.97 Å². The highest BCUT2D eigenvalue weighted by Gasteiger charge is 2.32. The minimum Gasteiger partial charge on any atom is -0.477 e. The Labute approximate surface area is 112 Å². The van der Waals surface area contributed by atoms with Crippen molar-refractivity contribution in [2.75, 3.05) is 11.4 Å². The van der Waals surface area contributed by atoms with Crippen LogP contribution in [0.4, 0.5) is 5.13 Å². The molecule has 100 valence electrons. The van der Waals surface area contributed by atoms with E-state index in [1.165, 1.54) is 24.2 Å². The van der Waals surface area contributed by atoms with Crippen molar-refractivity contribution in [1.82, 2.24) is 4.98 Å². The summed E-state index contributed by atoms with van der Waals surface area (Å²) in [5, 5.41) is 10.1. The Bertz CT molecular complexity index is 438. The van der Waals surface area contributed by atoms with Gasteiger partial charge in [0.2, 0.25) is 0 Å². The molecule has 0 amide bonds. The number of anilines is 1. The lowest BCUT2D eigenvalue weighted by Gasteiger charge is -2.20. The van der Waals surface area contributed by atoms with E-state index in [9.17, 15) is 9.90 Å². The highest BCUT2D eigenvalue weighted by molar-refractivity contribution is 7.17. The summed E-state index contributed by atoms with van der Waals surface area (Å²) < 4.78 is 0. The maximum absolute atomic E-state index is 11.3. The molecule has 18 heavy (non-hydrogen) atoms. The van der Waals surface area contributed by atoms with Crippen LogP contribution in [0.25, 0.3) is 0 Å². The van der Waals surface area contributed by atoms with Gasteiger partial charge in [0.05, 0.1) is 5.69 Å². The number of thiazole rings is 1. The molecule has 0 unspecified atom stereocenters. The van der Waals surface area contributed by atoms with Gasteiger partial charge in [-0.3, -0.25) is 0 Å². The summed E-state index contributed by atoms with van der Waals surface area (Å²) in [5.41, 5.74) is 0.726. The van der Waals surface area contributed by atoms with Crippen molar-refractivity contribution in [2.24, 2.45) is 0 Å². The molecule has 4 nitrogen and oxygen atoms in total. The van der Waals surface area contributed by atoms with E-state index in [2.05, 4.69) is 16.8 Å². The van der Waals surface area contributed by atoms with E-state index in [0.29, 0.717) is 10.9 Å². The topological polar surface area (TPSA) is 53.4 Å². The predicted octanol–water partition coefficient (Wildman–Crippen LogP) is 3.34. The number of carboxylic acid groups (broad SMARTS) is 1. The molecule has 0 saturated heterocycles. The van der Waals surface area contributed by atoms with Gasteiger partial charge in [0, 0.05) is 12.6 Å². The molecule has 0 radical (unpaired) electrons. The summed E-state index contributed by atoms with van der Waals surface area (Å²) in [7, 11) is 0. The smallest absolute Gasteiger partial charge is 0.347 e. The summed E-state index contributed by atoms with van der Waals surface area (Å²) in [6.07, 6.45) is 3.48. The minimum absolute atomic E-state index is 0.156. The first-order valence-electron chi connectivity index (χ1n) is 6.55. The van der Waals surface area contributed by atoms with E-state index in [1.54, 1.807) is 0 Å². The van der Waals surface area contributed by atoms with Crippen molar-refractivity contribution in [3.63, 3.8) is 0 Å². The van der Waals surface area contributed by atoms with E-state index in [1.807, 2.05) is 13.8 Å². The third-order valence-electron chi connectivity index (χ3n) is 3.08. The SMILES string of the molecule is CCCN(c1nc(C(C)C)c(C(=O)O)s1)C1CC1. The zero-order valence-corrected chi connectivity index (χ0v) is 12.0. The number of aromatic nitrogens is 1. The molecule has 0 atom stereocenters. The van der Waals surface area contributed by atoms with Gasteiger partial charge in [0.25, 0.3) is 0 Å². The largest absolute Gasteiger partial charge is 0.477 e. The molecule has 1 aromatic rings. The summed E-state index contributed by atoms with van der Waals surface area (Å²) in [6.45, 7) is 7.10. The monoisotopic (exact) mass is 268 g/mol. The van der Waals surface area contributed by atoms with Crippen LogP contribution in [0.1, 0.15) is 61.3 Å². The maximum atomic E-state index is 11.3. The number of hydrogen-bond acceptors (Lipinski definition) is 4. The Morgan fingerprint density at radius 3 is 2.61 bits per heavy atom. The number of hydrogen-bond donors (Lipinski definition) is 1. The highest BCUT2D eigenvalue weighted by Crippen LogP contribution is 2.37. The number of nitrogens with zero attached hydrogens (tertiary/aromatic N) is 2. The molecule has 5 heteroatoms. The molecule has 1 aliphatic rings. The first-order chi connectivity index (χ1) is 8.54. The van der Waals surface area contributed by atoms with E-state index in [0.717, 1.165) is 23.8 Å². The zero-order chi connectivity index (χ0) is 13.3. The normalized spacial score (nSPS) is 15.1. The molecular formula is C13H20N2O2S. The van der Waals surface area contributed by atoms with Crippen LogP contribution in [0.2, 0.25) is 0 Å². The second-order valence-electron chi connectivity index (χ2n) is 5.10. The first-order valence-corrected chi connectivity index (χ1v) is 7.36. The molecule has 1 aromatic heterocycles. The second-order valence-corrected chi connectivity index (χ2v) is 6.07. The molecule has 0 spiro atoms. The molecule has 1 N–H and O–H groups in total. The molecule has 0 aliphatic heterocycles. The third-order valence-corrected chi connectivity index (χ3v) is 4.18.